The van der Waals surface area contributed by atoms with Crippen LogP contribution in [0.25, 0.3) is 0 Å². The molecular formula is C15H22F3N. The van der Waals surface area contributed by atoms with E-state index in [-0.39, 0.29) is 6.04 Å². The van der Waals surface area contributed by atoms with E-state index in [1.54, 1.807) is 12.1 Å². The highest BCUT2D eigenvalue weighted by molar-refractivity contribution is 5.26. The zero-order valence-corrected chi connectivity index (χ0v) is 11.9. The fraction of sp³-hybridized carbons (Fsp3) is 0.600. The molecule has 0 aliphatic heterocycles. The Bertz CT molecular complexity index is 381. The number of hydrogen-bond donors (Lipinski definition) is 1. The van der Waals surface area contributed by atoms with Crippen LogP contribution in [0.1, 0.15) is 44.9 Å². The summed E-state index contributed by atoms with van der Waals surface area (Å²) in [7, 11) is 0. The molecule has 0 aliphatic rings. The Labute approximate surface area is 113 Å². The van der Waals surface area contributed by atoms with Gasteiger partial charge in [-0.3, -0.25) is 0 Å². The molecule has 0 aliphatic carbocycles. The van der Waals surface area contributed by atoms with Crippen LogP contribution in [-0.4, -0.2) is 6.54 Å². The molecule has 0 amide bonds. The van der Waals surface area contributed by atoms with E-state index in [1.165, 1.54) is 0 Å². The maximum absolute atomic E-state index is 12.4. The van der Waals surface area contributed by atoms with Gasteiger partial charge in [0.2, 0.25) is 0 Å². The molecule has 0 aromatic heterocycles. The Morgan fingerprint density at radius 3 is 1.95 bits per heavy atom. The van der Waals surface area contributed by atoms with E-state index in [0.717, 1.165) is 24.2 Å². The van der Waals surface area contributed by atoms with E-state index in [9.17, 15) is 13.2 Å². The number of benzene rings is 1. The van der Waals surface area contributed by atoms with Crippen molar-refractivity contribution in [2.75, 3.05) is 6.54 Å². The Balaban J connectivity index is 2.61. The molecule has 108 valence electrons. The first-order valence-electron chi connectivity index (χ1n) is 6.62. The van der Waals surface area contributed by atoms with Crippen molar-refractivity contribution in [1.82, 2.24) is 5.32 Å². The van der Waals surface area contributed by atoms with Gasteiger partial charge in [-0.25, -0.2) is 0 Å². The summed E-state index contributed by atoms with van der Waals surface area (Å²) in [5.41, 5.74) is 0.281. The smallest absolute Gasteiger partial charge is 0.310 e. The summed E-state index contributed by atoms with van der Waals surface area (Å²) in [4.78, 5) is 0. The number of rotatable bonds is 5. The first-order chi connectivity index (χ1) is 8.71. The van der Waals surface area contributed by atoms with Gasteiger partial charge in [-0.1, -0.05) is 32.9 Å². The van der Waals surface area contributed by atoms with Crippen molar-refractivity contribution < 1.29 is 13.2 Å². The van der Waals surface area contributed by atoms with Crippen LogP contribution in [0.2, 0.25) is 0 Å². The molecule has 2 atom stereocenters. The highest BCUT2D eigenvalue weighted by Gasteiger charge is 2.30. The summed E-state index contributed by atoms with van der Waals surface area (Å²) >= 11 is 0. The molecule has 0 bridgehead atoms. The van der Waals surface area contributed by atoms with Crippen molar-refractivity contribution in [2.24, 2.45) is 11.8 Å². The van der Waals surface area contributed by atoms with E-state index in [0.29, 0.717) is 11.8 Å². The van der Waals surface area contributed by atoms with E-state index < -0.39 is 11.7 Å². The van der Waals surface area contributed by atoms with Crippen LogP contribution >= 0.6 is 0 Å². The monoisotopic (exact) mass is 273 g/mol. The molecular weight excluding hydrogens is 251 g/mol. The number of halogens is 3. The lowest BCUT2D eigenvalue weighted by Crippen LogP contribution is -2.26. The standard InChI is InChI=1S/C15H22F3N/c1-10(2)11(3)9-19-12(4)13-5-7-14(8-6-13)15(16,17)18/h5-8,10-12,19H,9H2,1-4H3. The third-order valence-corrected chi connectivity index (χ3v) is 3.62. The summed E-state index contributed by atoms with van der Waals surface area (Å²) in [6.45, 7) is 9.32. The zero-order valence-electron chi connectivity index (χ0n) is 11.9. The lowest BCUT2D eigenvalue weighted by atomic mass is 9.97. The van der Waals surface area contributed by atoms with Crippen molar-refractivity contribution in [1.29, 1.82) is 0 Å². The molecule has 0 saturated heterocycles. The predicted molar refractivity (Wildman–Crippen MR) is 71.9 cm³/mol. The van der Waals surface area contributed by atoms with Crippen LogP contribution < -0.4 is 5.32 Å². The van der Waals surface area contributed by atoms with Crippen molar-refractivity contribution in [3.05, 3.63) is 35.4 Å². The second-order valence-electron chi connectivity index (χ2n) is 5.47. The summed E-state index contributed by atoms with van der Waals surface area (Å²) in [5, 5.41) is 3.36. The zero-order chi connectivity index (χ0) is 14.6. The van der Waals surface area contributed by atoms with Crippen LogP contribution in [0.5, 0.6) is 0 Å². The minimum Gasteiger partial charge on any atom is -0.310 e. The third kappa shape index (κ3) is 4.86. The van der Waals surface area contributed by atoms with Crippen molar-refractivity contribution in [3.63, 3.8) is 0 Å². The van der Waals surface area contributed by atoms with Crippen LogP contribution in [0, 0.1) is 11.8 Å². The van der Waals surface area contributed by atoms with Gasteiger partial charge >= 0.3 is 6.18 Å². The second kappa shape index (κ2) is 6.42. The minimum absolute atomic E-state index is 0.0588. The maximum atomic E-state index is 12.4. The molecule has 1 aromatic carbocycles. The molecule has 0 radical (unpaired) electrons. The van der Waals surface area contributed by atoms with Crippen LogP contribution in [0.3, 0.4) is 0 Å². The van der Waals surface area contributed by atoms with Gasteiger partial charge in [0.15, 0.2) is 0 Å². The average Bonchev–Trinajstić information content (AvgIpc) is 2.34. The molecule has 2 unspecified atom stereocenters. The van der Waals surface area contributed by atoms with Crippen molar-refractivity contribution >= 4 is 0 Å². The molecule has 0 fully saturated rings. The van der Waals surface area contributed by atoms with Crippen molar-refractivity contribution in [2.45, 2.75) is 39.9 Å². The minimum atomic E-state index is -4.26. The normalized spacial score (nSPS) is 15.6. The number of alkyl halides is 3. The van der Waals surface area contributed by atoms with Crippen molar-refractivity contribution in [3.8, 4) is 0 Å². The fourth-order valence-electron chi connectivity index (χ4n) is 1.68. The fourth-order valence-corrected chi connectivity index (χ4v) is 1.68. The summed E-state index contributed by atoms with van der Waals surface area (Å²) in [6.07, 6.45) is -4.26. The largest absolute Gasteiger partial charge is 0.416 e. The molecule has 4 heteroatoms. The summed E-state index contributed by atoms with van der Waals surface area (Å²) in [5.74, 6) is 1.13. The molecule has 1 aromatic rings. The lowest BCUT2D eigenvalue weighted by molar-refractivity contribution is -0.137. The molecule has 1 nitrogen and oxygen atoms in total. The Morgan fingerprint density at radius 2 is 1.53 bits per heavy atom. The topological polar surface area (TPSA) is 12.0 Å². The van der Waals surface area contributed by atoms with Gasteiger partial charge in [-0.2, -0.15) is 13.2 Å². The highest BCUT2D eigenvalue weighted by atomic mass is 19.4. The first-order valence-corrected chi connectivity index (χ1v) is 6.62. The molecule has 1 N–H and O–H groups in total. The van der Waals surface area contributed by atoms with Crippen LogP contribution in [-0.2, 0) is 6.18 Å². The van der Waals surface area contributed by atoms with Gasteiger partial charge in [0, 0.05) is 6.04 Å². The van der Waals surface area contributed by atoms with E-state index in [4.69, 9.17) is 0 Å². The Hall–Kier alpha value is -1.03. The summed E-state index contributed by atoms with van der Waals surface area (Å²) < 4.78 is 37.3. The molecule has 1 rings (SSSR count). The van der Waals surface area contributed by atoms with Gasteiger partial charge in [-0.15, -0.1) is 0 Å². The Morgan fingerprint density at radius 1 is 1.00 bits per heavy atom. The average molecular weight is 273 g/mol. The van der Waals surface area contributed by atoms with E-state index in [1.807, 2.05) is 6.92 Å². The van der Waals surface area contributed by atoms with E-state index >= 15 is 0 Å². The molecule has 0 spiro atoms. The van der Waals surface area contributed by atoms with Crippen LogP contribution in [0.15, 0.2) is 24.3 Å². The van der Waals surface area contributed by atoms with Gasteiger partial charge < -0.3 is 5.32 Å². The van der Waals surface area contributed by atoms with E-state index in [2.05, 4.69) is 26.1 Å². The molecule has 0 saturated carbocycles. The van der Waals surface area contributed by atoms with Gasteiger partial charge in [0.25, 0.3) is 0 Å². The number of nitrogens with one attached hydrogen (secondary N) is 1. The predicted octanol–water partition coefficient (Wildman–Crippen LogP) is 4.65. The lowest BCUT2D eigenvalue weighted by Gasteiger charge is -2.20. The molecule has 19 heavy (non-hydrogen) atoms. The third-order valence-electron chi connectivity index (χ3n) is 3.62. The van der Waals surface area contributed by atoms with Gasteiger partial charge in [0.1, 0.15) is 0 Å². The highest BCUT2D eigenvalue weighted by Crippen LogP contribution is 2.29. The quantitative estimate of drug-likeness (QED) is 0.823. The van der Waals surface area contributed by atoms with Gasteiger partial charge in [-0.05, 0) is 43.0 Å². The first kappa shape index (κ1) is 16.0. The SMILES string of the molecule is CC(NCC(C)C(C)C)c1ccc(C(F)(F)F)cc1. The molecule has 0 heterocycles. The summed E-state index contributed by atoms with van der Waals surface area (Å²) in [6, 6.07) is 5.42. The maximum Gasteiger partial charge on any atom is 0.416 e. The van der Waals surface area contributed by atoms with Gasteiger partial charge in [0.05, 0.1) is 5.56 Å². The second-order valence-corrected chi connectivity index (χ2v) is 5.47. The van der Waals surface area contributed by atoms with Crippen LogP contribution in [0.4, 0.5) is 13.2 Å². The number of hydrogen-bond acceptors (Lipinski definition) is 1. The Kier molecular flexibility index (Phi) is 5.41.